The van der Waals surface area contributed by atoms with Crippen LogP contribution in [0.3, 0.4) is 0 Å². The molecule has 2 amide bonds. The molecule has 0 aromatic carbocycles. The van der Waals surface area contributed by atoms with E-state index >= 15 is 0 Å². The molecule has 0 fully saturated rings. The highest BCUT2D eigenvalue weighted by Crippen LogP contribution is 1.96. The van der Waals surface area contributed by atoms with Crippen molar-refractivity contribution in [3.05, 3.63) is 22.0 Å². The molecule has 0 aliphatic heterocycles. The van der Waals surface area contributed by atoms with Gasteiger partial charge < -0.3 is 10.2 Å². The first-order valence-corrected chi connectivity index (χ1v) is 7.20. The normalized spacial score (nSPS) is 9.33. The van der Waals surface area contributed by atoms with Crippen molar-refractivity contribution in [2.24, 2.45) is 0 Å². The Balaban J connectivity index is -0.000000339. The van der Waals surface area contributed by atoms with E-state index in [1.807, 2.05) is 13.8 Å². The quantitative estimate of drug-likeness (QED) is 0.257. The summed E-state index contributed by atoms with van der Waals surface area (Å²) in [5.74, 6) is -0.848. The van der Waals surface area contributed by atoms with Gasteiger partial charge in [0.2, 0.25) is 6.41 Å². The molecule has 21 heavy (non-hydrogen) atoms. The average Bonchev–Trinajstić information content (AvgIpc) is 2.51. The summed E-state index contributed by atoms with van der Waals surface area (Å²) in [7, 11) is 2.56. The maximum Gasteiger partial charge on any atom is 0.349 e. The minimum atomic E-state index is -0.862. The molecular weight excluding hydrogens is 274 g/mol. The molecule has 0 aromatic heterocycles. The van der Waals surface area contributed by atoms with E-state index in [1.165, 1.54) is 39.8 Å². The maximum atomic E-state index is 10.8. The summed E-state index contributed by atoms with van der Waals surface area (Å²) in [6, 6.07) is 0. The molecular formula is C14H29N3O4. The lowest BCUT2D eigenvalue weighted by atomic mass is 10.2. The lowest BCUT2D eigenvalue weighted by molar-refractivity contribution is -0.419. The Morgan fingerprint density at radius 1 is 1.24 bits per heavy atom. The number of nitrogens with one attached hydrogen (secondary N) is 1. The van der Waals surface area contributed by atoms with E-state index in [9.17, 15) is 19.7 Å². The van der Waals surface area contributed by atoms with Crippen molar-refractivity contribution < 1.29 is 14.5 Å². The van der Waals surface area contributed by atoms with E-state index in [2.05, 4.69) is 19.2 Å². The van der Waals surface area contributed by atoms with Gasteiger partial charge in [-0.05, 0) is 0 Å². The Bertz CT molecular complexity index is 313. The lowest BCUT2D eigenvalue weighted by Gasteiger charge is -2.02. The third kappa shape index (κ3) is 16.0. The van der Waals surface area contributed by atoms with Crippen LogP contribution in [0.1, 0.15) is 53.4 Å². The van der Waals surface area contributed by atoms with Gasteiger partial charge in [0.1, 0.15) is 0 Å². The largest absolute Gasteiger partial charge is 0.350 e. The van der Waals surface area contributed by atoms with Crippen molar-refractivity contribution in [1.82, 2.24) is 10.2 Å². The Hall–Kier alpha value is -1.92. The van der Waals surface area contributed by atoms with E-state index in [0.717, 1.165) is 11.1 Å². The van der Waals surface area contributed by atoms with Crippen LogP contribution < -0.4 is 5.32 Å². The van der Waals surface area contributed by atoms with Crippen molar-refractivity contribution in [3.8, 4) is 0 Å². The lowest BCUT2D eigenvalue weighted by Crippen LogP contribution is -2.26. The van der Waals surface area contributed by atoms with Gasteiger partial charge in [-0.1, -0.05) is 53.4 Å². The minimum absolute atomic E-state index is 0.354. The summed E-state index contributed by atoms with van der Waals surface area (Å²) in [6.45, 7) is 8.46. The van der Waals surface area contributed by atoms with Crippen LogP contribution in [-0.4, -0.2) is 36.2 Å². The van der Waals surface area contributed by atoms with Crippen LogP contribution in [0.2, 0.25) is 0 Å². The summed E-state index contributed by atoms with van der Waals surface area (Å²) < 4.78 is 0. The van der Waals surface area contributed by atoms with Crippen LogP contribution >= 0.6 is 0 Å². The predicted molar refractivity (Wildman–Crippen MR) is 84.1 cm³/mol. The van der Waals surface area contributed by atoms with Gasteiger partial charge in [0, 0.05) is 14.1 Å². The summed E-state index contributed by atoms with van der Waals surface area (Å²) in [4.78, 5) is 31.2. The number of hydrogen-bond donors (Lipinski definition) is 1. The highest BCUT2D eigenvalue weighted by atomic mass is 16.6. The zero-order valence-corrected chi connectivity index (χ0v) is 14.0. The number of rotatable bonds is 7. The molecule has 124 valence electrons. The molecule has 0 saturated carbocycles. The maximum absolute atomic E-state index is 10.8. The van der Waals surface area contributed by atoms with E-state index in [-0.39, 0.29) is 0 Å². The van der Waals surface area contributed by atoms with Gasteiger partial charge in [-0.25, -0.2) is 0 Å². The fourth-order valence-corrected chi connectivity index (χ4v) is 1.04. The standard InChI is InChI=1S/C6H9N3O4.C6H14.C2H6/c1-7-6(11)5(9(12)13)3-8(2)4-10;1-3-5-6-4-2;1-2/h3-4H,1-2H3,(H,7,11);3-6H2,1-2H3;1-2H3/b5-3+;;. The number of amides is 2. The Morgan fingerprint density at radius 2 is 1.67 bits per heavy atom. The molecule has 0 heterocycles. The molecule has 0 bridgehead atoms. The third-order valence-corrected chi connectivity index (χ3v) is 2.11. The van der Waals surface area contributed by atoms with Gasteiger partial charge in [0.25, 0.3) is 0 Å². The van der Waals surface area contributed by atoms with Gasteiger partial charge in [-0.2, -0.15) is 0 Å². The second-order valence-electron chi connectivity index (χ2n) is 3.83. The monoisotopic (exact) mass is 303 g/mol. The average molecular weight is 303 g/mol. The van der Waals surface area contributed by atoms with Crippen LogP contribution in [0.25, 0.3) is 0 Å². The number of unbranched alkanes of at least 4 members (excludes halogenated alkanes) is 3. The van der Waals surface area contributed by atoms with Crippen LogP contribution in [0.4, 0.5) is 0 Å². The fourth-order valence-electron chi connectivity index (χ4n) is 1.04. The predicted octanol–water partition coefficient (Wildman–Crippen LogP) is 2.55. The van der Waals surface area contributed by atoms with Crippen LogP contribution in [0.5, 0.6) is 0 Å². The van der Waals surface area contributed by atoms with Gasteiger partial charge >= 0.3 is 11.6 Å². The van der Waals surface area contributed by atoms with Crippen LogP contribution in [0, 0.1) is 10.1 Å². The van der Waals surface area contributed by atoms with E-state index in [4.69, 9.17) is 0 Å². The van der Waals surface area contributed by atoms with Crippen molar-refractivity contribution in [2.45, 2.75) is 53.4 Å². The molecule has 0 aromatic rings. The first-order chi connectivity index (χ1) is 9.94. The highest BCUT2D eigenvalue weighted by molar-refractivity contribution is 5.90. The minimum Gasteiger partial charge on any atom is -0.350 e. The van der Waals surface area contributed by atoms with Gasteiger partial charge in [-0.3, -0.25) is 19.7 Å². The van der Waals surface area contributed by atoms with E-state index in [0.29, 0.717) is 6.41 Å². The molecule has 0 saturated heterocycles. The molecule has 0 rings (SSSR count). The second kappa shape index (κ2) is 18.1. The van der Waals surface area contributed by atoms with Crippen LogP contribution in [-0.2, 0) is 9.59 Å². The molecule has 0 aliphatic carbocycles. The summed E-state index contributed by atoms with van der Waals surface area (Å²) in [5, 5.41) is 12.4. The zero-order valence-electron chi connectivity index (χ0n) is 14.0. The molecule has 0 atom stereocenters. The van der Waals surface area contributed by atoms with Crippen molar-refractivity contribution >= 4 is 12.3 Å². The summed E-state index contributed by atoms with van der Waals surface area (Å²) in [6.07, 6.45) is 6.73. The first-order valence-electron chi connectivity index (χ1n) is 7.20. The van der Waals surface area contributed by atoms with E-state index < -0.39 is 16.5 Å². The molecule has 0 radical (unpaired) electrons. The number of nitrogens with zero attached hydrogens (tertiary/aromatic N) is 2. The zero-order chi connectivity index (χ0) is 17.3. The number of likely N-dealkylation sites (N-methyl/N-ethyl adjacent to an activating group) is 1. The third-order valence-electron chi connectivity index (χ3n) is 2.11. The van der Waals surface area contributed by atoms with Gasteiger partial charge in [0.05, 0.1) is 11.1 Å². The summed E-state index contributed by atoms with van der Waals surface area (Å²) >= 11 is 0. The highest BCUT2D eigenvalue weighted by Gasteiger charge is 2.20. The number of nitro groups is 1. The van der Waals surface area contributed by atoms with Gasteiger partial charge in [0.15, 0.2) is 0 Å². The van der Waals surface area contributed by atoms with Crippen molar-refractivity contribution in [2.75, 3.05) is 14.1 Å². The molecule has 1 N–H and O–H groups in total. The smallest absolute Gasteiger partial charge is 0.349 e. The Labute approximate surface area is 127 Å². The Kier molecular flexibility index (Phi) is 20.8. The number of hydrogen-bond acceptors (Lipinski definition) is 4. The SMILES string of the molecule is CC.CCCCCC.CNC(=O)/C(=C\N(C)C=O)[N+](=O)[O-]. The topological polar surface area (TPSA) is 92.6 Å². The molecule has 7 nitrogen and oxygen atoms in total. The molecule has 7 heteroatoms. The first kappa shape index (κ1) is 24.1. The summed E-state index contributed by atoms with van der Waals surface area (Å²) in [5.41, 5.74) is -0.683. The van der Waals surface area contributed by atoms with Crippen molar-refractivity contribution in [1.29, 1.82) is 0 Å². The molecule has 0 unspecified atom stereocenters. The van der Waals surface area contributed by atoms with Gasteiger partial charge in [-0.15, -0.1) is 0 Å². The molecule has 0 aliphatic rings. The number of carbonyl (C=O) groups is 2. The molecule has 0 spiro atoms. The van der Waals surface area contributed by atoms with Crippen molar-refractivity contribution in [3.63, 3.8) is 0 Å². The number of carbonyl (C=O) groups excluding carboxylic acids is 2. The Morgan fingerprint density at radius 3 is 1.90 bits per heavy atom. The van der Waals surface area contributed by atoms with Crippen LogP contribution in [0.15, 0.2) is 11.9 Å². The van der Waals surface area contributed by atoms with E-state index in [1.54, 1.807) is 0 Å². The second-order valence-corrected chi connectivity index (χ2v) is 3.83. The fraction of sp³-hybridized carbons (Fsp3) is 0.714.